The van der Waals surface area contributed by atoms with Crippen LogP contribution in [0.25, 0.3) is 5.65 Å². The molecule has 1 aliphatic rings. The normalized spacial score (nSPS) is 14.7. The van der Waals surface area contributed by atoms with Crippen molar-refractivity contribution in [1.82, 2.24) is 20.0 Å². The van der Waals surface area contributed by atoms with Crippen molar-refractivity contribution in [3.8, 4) is 0 Å². The molecule has 30 heavy (non-hydrogen) atoms. The molecule has 1 amide bonds. The second-order valence-corrected chi connectivity index (χ2v) is 9.16. The quantitative estimate of drug-likeness (QED) is 0.652. The zero-order valence-corrected chi connectivity index (χ0v) is 18.2. The van der Waals surface area contributed by atoms with Crippen LogP contribution in [0.4, 0.5) is 0 Å². The van der Waals surface area contributed by atoms with Crippen molar-refractivity contribution in [1.29, 1.82) is 0 Å². The first-order chi connectivity index (χ1) is 14.5. The first-order valence-corrected chi connectivity index (χ1v) is 11.8. The van der Waals surface area contributed by atoms with E-state index in [1.807, 2.05) is 13.8 Å². The zero-order chi connectivity index (χ0) is 21.6. The molecular formula is C22H28N4O3S. The number of piperidine rings is 1. The SMILES string of the molecule is CC.O=C(NCc1ccc(S(=O)(=O)C2CCNCC2)cc1)c1ccc2nccn2c1. The summed E-state index contributed by atoms with van der Waals surface area (Å²) in [4.78, 5) is 16.9. The predicted octanol–water partition coefficient (Wildman–Crippen LogP) is 2.82. The van der Waals surface area contributed by atoms with Crippen LogP contribution in [0.5, 0.6) is 0 Å². The molecule has 1 aliphatic heterocycles. The average molecular weight is 429 g/mol. The molecule has 2 N–H and O–H groups in total. The molecule has 0 aliphatic carbocycles. The fourth-order valence-electron chi connectivity index (χ4n) is 3.43. The number of carbonyl (C=O) groups is 1. The highest BCUT2D eigenvalue weighted by Crippen LogP contribution is 2.22. The molecule has 0 atom stereocenters. The van der Waals surface area contributed by atoms with Crippen LogP contribution >= 0.6 is 0 Å². The number of amides is 1. The number of hydrogen-bond acceptors (Lipinski definition) is 5. The number of nitrogens with one attached hydrogen (secondary N) is 2. The minimum atomic E-state index is -3.30. The van der Waals surface area contributed by atoms with E-state index in [4.69, 9.17) is 0 Å². The monoisotopic (exact) mass is 428 g/mol. The van der Waals surface area contributed by atoms with Crippen molar-refractivity contribution in [2.24, 2.45) is 0 Å². The van der Waals surface area contributed by atoms with Crippen LogP contribution in [0.3, 0.4) is 0 Å². The molecule has 3 heterocycles. The van der Waals surface area contributed by atoms with E-state index < -0.39 is 9.84 Å². The van der Waals surface area contributed by atoms with E-state index in [9.17, 15) is 13.2 Å². The number of sulfone groups is 1. The lowest BCUT2D eigenvalue weighted by Crippen LogP contribution is -2.35. The first kappa shape index (κ1) is 22.0. The zero-order valence-electron chi connectivity index (χ0n) is 17.3. The molecule has 1 saturated heterocycles. The Morgan fingerprint density at radius 3 is 2.53 bits per heavy atom. The lowest BCUT2D eigenvalue weighted by Gasteiger charge is -2.22. The fraction of sp³-hybridized carbons (Fsp3) is 0.364. The number of fused-ring (bicyclic) bond motifs is 1. The van der Waals surface area contributed by atoms with E-state index in [2.05, 4.69) is 15.6 Å². The lowest BCUT2D eigenvalue weighted by molar-refractivity contribution is 0.0950. The van der Waals surface area contributed by atoms with Gasteiger partial charge in [0.15, 0.2) is 9.84 Å². The molecule has 1 fully saturated rings. The van der Waals surface area contributed by atoms with Gasteiger partial charge in [0.2, 0.25) is 0 Å². The number of aromatic nitrogens is 2. The highest BCUT2D eigenvalue weighted by Gasteiger charge is 2.28. The Morgan fingerprint density at radius 2 is 1.83 bits per heavy atom. The van der Waals surface area contributed by atoms with Crippen molar-refractivity contribution in [3.05, 3.63) is 66.1 Å². The lowest BCUT2D eigenvalue weighted by atomic mass is 10.2. The third kappa shape index (κ3) is 4.88. The number of pyridine rings is 1. The molecular weight excluding hydrogens is 400 g/mol. The summed E-state index contributed by atoms with van der Waals surface area (Å²) in [6.07, 6.45) is 6.47. The smallest absolute Gasteiger partial charge is 0.253 e. The van der Waals surface area contributed by atoms with Gasteiger partial charge in [-0.15, -0.1) is 0 Å². The summed E-state index contributed by atoms with van der Waals surface area (Å²) in [5.74, 6) is -0.193. The molecule has 2 aromatic heterocycles. The summed E-state index contributed by atoms with van der Waals surface area (Å²) < 4.78 is 27.2. The maximum absolute atomic E-state index is 12.7. The summed E-state index contributed by atoms with van der Waals surface area (Å²) >= 11 is 0. The van der Waals surface area contributed by atoms with E-state index in [0.717, 1.165) is 24.3 Å². The van der Waals surface area contributed by atoms with Gasteiger partial charge in [-0.3, -0.25) is 4.79 Å². The topological polar surface area (TPSA) is 92.6 Å². The van der Waals surface area contributed by atoms with Crippen molar-refractivity contribution < 1.29 is 13.2 Å². The predicted molar refractivity (Wildman–Crippen MR) is 117 cm³/mol. The molecule has 7 nitrogen and oxygen atoms in total. The maximum Gasteiger partial charge on any atom is 0.253 e. The Hall–Kier alpha value is -2.71. The Balaban J connectivity index is 0.00000124. The number of rotatable bonds is 5. The van der Waals surface area contributed by atoms with Gasteiger partial charge in [-0.1, -0.05) is 26.0 Å². The summed E-state index contributed by atoms with van der Waals surface area (Å²) in [6.45, 7) is 5.80. The number of benzene rings is 1. The van der Waals surface area contributed by atoms with Crippen LogP contribution in [-0.4, -0.2) is 42.0 Å². The maximum atomic E-state index is 12.7. The minimum Gasteiger partial charge on any atom is -0.348 e. The van der Waals surface area contributed by atoms with E-state index in [1.54, 1.807) is 59.4 Å². The van der Waals surface area contributed by atoms with Gasteiger partial charge in [-0.25, -0.2) is 13.4 Å². The van der Waals surface area contributed by atoms with E-state index >= 15 is 0 Å². The summed E-state index contributed by atoms with van der Waals surface area (Å²) in [7, 11) is -3.30. The molecule has 0 radical (unpaired) electrons. The molecule has 4 rings (SSSR count). The van der Waals surface area contributed by atoms with Crippen LogP contribution in [-0.2, 0) is 16.4 Å². The van der Waals surface area contributed by atoms with Crippen molar-refractivity contribution in [2.75, 3.05) is 13.1 Å². The Kier molecular flexibility index (Phi) is 7.23. The molecule has 0 unspecified atom stereocenters. The highest BCUT2D eigenvalue weighted by molar-refractivity contribution is 7.92. The number of nitrogens with zero attached hydrogens (tertiary/aromatic N) is 2. The van der Waals surface area contributed by atoms with Gasteiger partial charge >= 0.3 is 0 Å². The first-order valence-electron chi connectivity index (χ1n) is 10.3. The molecule has 8 heteroatoms. The van der Waals surface area contributed by atoms with Crippen LogP contribution in [0.15, 0.2) is 59.9 Å². The summed E-state index contributed by atoms with van der Waals surface area (Å²) in [6, 6.07) is 10.3. The Labute approximate surface area is 177 Å². The van der Waals surface area contributed by atoms with Crippen molar-refractivity contribution >= 4 is 21.4 Å². The van der Waals surface area contributed by atoms with Gasteiger partial charge in [-0.2, -0.15) is 0 Å². The summed E-state index contributed by atoms with van der Waals surface area (Å²) in [5.41, 5.74) is 2.17. The number of hydrogen-bond donors (Lipinski definition) is 2. The third-order valence-corrected chi connectivity index (χ3v) is 7.36. The van der Waals surface area contributed by atoms with Gasteiger partial charge in [0.1, 0.15) is 5.65 Å². The summed E-state index contributed by atoms with van der Waals surface area (Å²) in [5, 5.41) is 5.73. The van der Waals surface area contributed by atoms with Crippen LogP contribution in [0.1, 0.15) is 42.6 Å². The standard InChI is InChI=1S/C20H22N4O3S.C2H6/c25-20(16-3-6-19-22-11-12-24(19)14-16)23-13-15-1-4-17(5-2-15)28(26,27)18-7-9-21-10-8-18;1-2/h1-6,11-12,14,18,21H,7-10,13H2,(H,23,25);1-2H3. The second kappa shape index (κ2) is 9.86. The van der Waals surface area contributed by atoms with Gasteiger partial charge < -0.3 is 15.0 Å². The van der Waals surface area contributed by atoms with Crippen molar-refractivity contribution in [2.45, 2.75) is 43.4 Å². The van der Waals surface area contributed by atoms with Gasteiger partial charge in [0.25, 0.3) is 5.91 Å². The van der Waals surface area contributed by atoms with E-state index in [1.165, 1.54) is 0 Å². The Morgan fingerprint density at radius 1 is 1.13 bits per heavy atom. The molecule has 160 valence electrons. The van der Waals surface area contributed by atoms with Gasteiger partial charge in [0, 0.05) is 25.1 Å². The second-order valence-electron chi connectivity index (χ2n) is 6.93. The molecule has 0 spiro atoms. The third-order valence-electron chi connectivity index (χ3n) is 5.08. The Bertz CT molecular complexity index is 1090. The number of carbonyl (C=O) groups excluding carboxylic acids is 1. The molecule has 1 aromatic carbocycles. The van der Waals surface area contributed by atoms with E-state index in [-0.39, 0.29) is 11.2 Å². The molecule has 0 saturated carbocycles. The van der Waals surface area contributed by atoms with Crippen molar-refractivity contribution in [3.63, 3.8) is 0 Å². The van der Waals surface area contributed by atoms with Gasteiger partial charge in [-0.05, 0) is 55.8 Å². The minimum absolute atomic E-state index is 0.193. The van der Waals surface area contributed by atoms with E-state index in [0.29, 0.717) is 29.8 Å². The molecule has 3 aromatic rings. The van der Waals surface area contributed by atoms with Crippen LogP contribution in [0.2, 0.25) is 0 Å². The highest BCUT2D eigenvalue weighted by atomic mass is 32.2. The fourth-order valence-corrected chi connectivity index (χ4v) is 5.19. The van der Waals surface area contributed by atoms with Gasteiger partial charge in [0.05, 0.1) is 15.7 Å². The van der Waals surface area contributed by atoms with Crippen LogP contribution < -0.4 is 10.6 Å². The average Bonchev–Trinajstić information content (AvgIpc) is 3.27. The largest absolute Gasteiger partial charge is 0.348 e. The number of imidazole rings is 1. The molecule has 0 bridgehead atoms. The van der Waals surface area contributed by atoms with Crippen LogP contribution in [0, 0.1) is 0 Å².